The molecule has 0 atom stereocenters. The van der Waals surface area contributed by atoms with Crippen molar-refractivity contribution in [3.63, 3.8) is 0 Å². The van der Waals surface area contributed by atoms with Crippen LogP contribution in [-0.2, 0) is 0 Å². The Kier molecular flexibility index (Phi) is 5.07. The molecule has 0 spiro atoms. The third-order valence-electron chi connectivity index (χ3n) is 3.81. The van der Waals surface area contributed by atoms with Crippen LogP contribution in [0.2, 0.25) is 0 Å². The molecule has 1 aromatic rings. The Balaban J connectivity index is 2.17. The Morgan fingerprint density at radius 3 is 2.63 bits per heavy atom. The first-order valence-corrected chi connectivity index (χ1v) is 8.01. The van der Waals surface area contributed by atoms with Crippen molar-refractivity contribution in [2.75, 3.05) is 6.54 Å². The zero-order valence-electron chi connectivity index (χ0n) is 11.2. The molecule has 19 heavy (non-hydrogen) atoms. The molecule has 0 heterocycles. The maximum absolute atomic E-state index is 12.6. The van der Waals surface area contributed by atoms with Crippen molar-refractivity contribution in [3.05, 3.63) is 27.3 Å². The average Bonchev–Trinajstić information content (AvgIpc) is 2.44. The lowest BCUT2D eigenvalue weighted by molar-refractivity contribution is 0.0647. The van der Waals surface area contributed by atoms with Crippen LogP contribution in [0.1, 0.15) is 49.4 Å². The van der Waals surface area contributed by atoms with E-state index >= 15 is 0 Å². The predicted molar refractivity (Wildman–Crippen MR) is 84.4 cm³/mol. The van der Waals surface area contributed by atoms with E-state index in [9.17, 15) is 9.90 Å². The van der Waals surface area contributed by atoms with Gasteiger partial charge in [-0.1, -0.05) is 19.3 Å². The van der Waals surface area contributed by atoms with E-state index in [0.29, 0.717) is 11.6 Å². The maximum atomic E-state index is 12.6. The lowest BCUT2D eigenvalue weighted by Crippen LogP contribution is -2.41. The zero-order valence-corrected chi connectivity index (χ0v) is 13.4. The molecular formula is C15H20INO2. The van der Waals surface area contributed by atoms with Gasteiger partial charge in [-0.05, 0) is 60.6 Å². The third-order valence-corrected chi connectivity index (χ3v) is 4.72. The number of phenolic OH excluding ortho intramolecular Hbond substituents is 1. The van der Waals surface area contributed by atoms with Crippen molar-refractivity contribution >= 4 is 28.5 Å². The van der Waals surface area contributed by atoms with Crippen molar-refractivity contribution in [1.82, 2.24) is 4.90 Å². The summed E-state index contributed by atoms with van der Waals surface area (Å²) >= 11 is 2.06. The number of carbonyl (C=O) groups excluding carboxylic acids is 1. The van der Waals surface area contributed by atoms with E-state index in [1.165, 1.54) is 19.3 Å². The first kappa shape index (κ1) is 14.6. The fourth-order valence-electron chi connectivity index (χ4n) is 2.77. The van der Waals surface area contributed by atoms with Gasteiger partial charge in [-0.3, -0.25) is 4.79 Å². The number of amides is 1. The van der Waals surface area contributed by atoms with Crippen LogP contribution < -0.4 is 0 Å². The molecular weight excluding hydrogens is 353 g/mol. The summed E-state index contributed by atoms with van der Waals surface area (Å²) in [6.07, 6.45) is 5.93. The minimum Gasteiger partial charge on any atom is -0.507 e. The van der Waals surface area contributed by atoms with Gasteiger partial charge in [-0.25, -0.2) is 0 Å². The normalized spacial score (nSPS) is 16.3. The summed E-state index contributed by atoms with van der Waals surface area (Å²) < 4.78 is 0.773. The Morgan fingerprint density at radius 1 is 1.37 bits per heavy atom. The van der Waals surface area contributed by atoms with E-state index < -0.39 is 0 Å². The van der Waals surface area contributed by atoms with Crippen molar-refractivity contribution < 1.29 is 9.90 Å². The van der Waals surface area contributed by atoms with Crippen molar-refractivity contribution in [2.24, 2.45) is 0 Å². The van der Waals surface area contributed by atoms with E-state index in [1.807, 2.05) is 11.8 Å². The standard InChI is InChI=1S/C15H20INO2/c1-2-17(12-6-4-3-5-7-12)15(19)11-8-9-13(16)14(18)10-11/h8-10,12,18H,2-7H2,1H3. The van der Waals surface area contributed by atoms with Gasteiger partial charge in [0.25, 0.3) is 5.91 Å². The van der Waals surface area contributed by atoms with E-state index in [1.54, 1.807) is 18.2 Å². The fraction of sp³-hybridized carbons (Fsp3) is 0.533. The molecule has 1 aliphatic rings. The molecule has 1 fully saturated rings. The molecule has 0 unspecified atom stereocenters. The zero-order chi connectivity index (χ0) is 13.8. The smallest absolute Gasteiger partial charge is 0.254 e. The summed E-state index contributed by atoms with van der Waals surface area (Å²) in [5.74, 6) is 0.229. The van der Waals surface area contributed by atoms with Crippen LogP contribution in [0.3, 0.4) is 0 Å². The minimum atomic E-state index is 0.0427. The highest BCUT2D eigenvalue weighted by molar-refractivity contribution is 14.1. The van der Waals surface area contributed by atoms with Crippen molar-refractivity contribution in [1.29, 1.82) is 0 Å². The second-order valence-corrected chi connectivity index (χ2v) is 6.21. The fourth-order valence-corrected chi connectivity index (χ4v) is 3.11. The Bertz CT molecular complexity index is 455. The van der Waals surface area contributed by atoms with E-state index in [2.05, 4.69) is 22.6 Å². The number of aromatic hydroxyl groups is 1. The molecule has 0 aromatic heterocycles. The monoisotopic (exact) mass is 373 g/mol. The predicted octanol–water partition coefficient (Wildman–Crippen LogP) is 3.79. The largest absolute Gasteiger partial charge is 0.507 e. The van der Waals surface area contributed by atoms with Gasteiger partial charge in [0, 0.05) is 18.2 Å². The molecule has 1 saturated carbocycles. The summed E-state index contributed by atoms with van der Waals surface area (Å²) in [6.45, 7) is 2.76. The number of benzene rings is 1. The average molecular weight is 373 g/mol. The van der Waals surface area contributed by atoms with Crippen LogP contribution in [0.15, 0.2) is 18.2 Å². The number of halogens is 1. The van der Waals surface area contributed by atoms with Gasteiger partial charge in [0.2, 0.25) is 0 Å². The highest BCUT2D eigenvalue weighted by Gasteiger charge is 2.25. The van der Waals surface area contributed by atoms with E-state index in [-0.39, 0.29) is 11.7 Å². The molecule has 3 nitrogen and oxygen atoms in total. The summed E-state index contributed by atoms with van der Waals surface area (Å²) in [6, 6.07) is 5.54. The van der Waals surface area contributed by atoms with Gasteiger partial charge in [0.1, 0.15) is 5.75 Å². The van der Waals surface area contributed by atoms with Gasteiger partial charge in [0.05, 0.1) is 3.57 Å². The van der Waals surface area contributed by atoms with Gasteiger partial charge >= 0.3 is 0 Å². The van der Waals surface area contributed by atoms with Gasteiger partial charge in [0.15, 0.2) is 0 Å². The minimum absolute atomic E-state index is 0.0427. The Morgan fingerprint density at radius 2 is 2.05 bits per heavy atom. The number of carbonyl (C=O) groups is 1. The van der Waals surface area contributed by atoms with E-state index in [4.69, 9.17) is 0 Å². The third kappa shape index (κ3) is 3.41. The quantitative estimate of drug-likeness (QED) is 0.819. The number of nitrogens with zero attached hydrogens (tertiary/aromatic N) is 1. The first-order chi connectivity index (χ1) is 9.13. The van der Waals surface area contributed by atoms with Gasteiger partial charge in [-0.2, -0.15) is 0 Å². The molecule has 1 N–H and O–H groups in total. The van der Waals surface area contributed by atoms with Crippen LogP contribution in [-0.4, -0.2) is 28.5 Å². The Labute approximate surface area is 128 Å². The molecule has 1 amide bonds. The maximum Gasteiger partial charge on any atom is 0.254 e. The van der Waals surface area contributed by atoms with Crippen LogP contribution in [0.4, 0.5) is 0 Å². The van der Waals surface area contributed by atoms with Crippen LogP contribution in [0.5, 0.6) is 5.75 Å². The van der Waals surface area contributed by atoms with E-state index in [0.717, 1.165) is 23.0 Å². The van der Waals surface area contributed by atoms with Gasteiger partial charge in [-0.15, -0.1) is 0 Å². The molecule has 2 rings (SSSR count). The van der Waals surface area contributed by atoms with Crippen molar-refractivity contribution in [2.45, 2.75) is 45.1 Å². The SMILES string of the molecule is CCN(C(=O)c1ccc(I)c(O)c1)C1CCCCC1. The van der Waals surface area contributed by atoms with Crippen LogP contribution in [0, 0.1) is 3.57 Å². The highest BCUT2D eigenvalue weighted by Crippen LogP contribution is 2.26. The Hall–Kier alpha value is -0.780. The lowest BCUT2D eigenvalue weighted by Gasteiger charge is -2.33. The number of phenols is 1. The number of hydrogen-bond acceptors (Lipinski definition) is 2. The molecule has 1 aromatic carbocycles. The summed E-state index contributed by atoms with van der Waals surface area (Å²) in [7, 11) is 0. The number of rotatable bonds is 3. The van der Waals surface area contributed by atoms with Gasteiger partial charge < -0.3 is 10.0 Å². The summed E-state index contributed by atoms with van der Waals surface area (Å²) in [5.41, 5.74) is 0.588. The molecule has 0 bridgehead atoms. The molecule has 1 aliphatic carbocycles. The van der Waals surface area contributed by atoms with Crippen molar-refractivity contribution in [3.8, 4) is 5.75 Å². The number of hydrogen-bond donors (Lipinski definition) is 1. The second-order valence-electron chi connectivity index (χ2n) is 5.05. The molecule has 0 radical (unpaired) electrons. The van der Waals surface area contributed by atoms with Crippen LogP contribution in [0.25, 0.3) is 0 Å². The first-order valence-electron chi connectivity index (χ1n) is 6.93. The summed E-state index contributed by atoms with van der Waals surface area (Å²) in [5, 5.41) is 9.74. The topological polar surface area (TPSA) is 40.5 Å². The van der Waals surface area contributed by atoms with Crippen LogP contribution >= 0.6 is 22.6 Å². The lowest BCUT2D eigenvalue weighted by atomic mass is 9.93. The molecule has 104 valence electrons. The highest BCUT2D eigenvalue weighted by atomic mass is 127. The molecule has 0 aliphatic heterocycles. The summed E-state index contributed by atoms with van der Waals surface area (Å²) in [4.78, 5) is 14.5. The molecule has 0 saturated heterocycles. The second kappa shape index (κ2) is 6.59. The molecule has 4 heteroatoms.